The van der Waals surface area contributed by atoms with Crippen LogP contribution in [0.4, 0.5) is 14.9 Å². The van der Waals surface area contributed by atoms with E-state index in [4.69, 9.17) is 9.73 Å². The number of ether oxygens (including phenoxy) is 1. The molecule has 2 saturated heterocycles. The number of hydrogen-bond acceptors (Lipinski definition) is 5. The first-order valence-electron chi connectivity index (χ1n) is 11.8. The molecule has 0 unspecified atom stereocenters. The fourth-order valence-electron chi connectivity index (χ4n) is 4.78. The highest BCUT2D eigenvalue weighted by molar-refractivity contribution is 7.98. The lowest BCUT2D eigenvalue weighted by Gasteiger charge is -2.43. The molecule has 6 nitrogen and oxygen atoms in total. The van der Waals surface area contributed by atoms with Crippen LogP contribution in [0, 0.1) is 5.82 Å². The molecule has 2 aliphatic rings. The molecule has 2 fully saturated rings. The lowest BCUT2D eigenvalue weighted by molar-refractivity contribution is 0.184. The molecule has 8 heteroatoms. The van der Waals surface area contributed by atoms with Gasteiger partial charge in [-0.05, 0) is 68.8 Å². The predicted octanol–water partition coefficient (Wildman–Crippen LogP) is 4.94. The van der Waals surface area contributed by atoms with Crippen LogP contribution in [-0.2, 0) is 6.54 Å². The Labute approximate surface area is 205 Å². The fraction of sp³-hybridized carbons (Fsp3) is 0.462. The van der Waals surface area contributed by atoms with Crippen LogP contribution in [0.5, 0.6) is 5.75 Å². The van der Waals surface area contributed by atoms with Gasteiger partial charge in [0.05, 0.1) is 12.6 Å². The monoisotopic (exact) mass is 484 g/mol. The van der Waals surface area contributed by atoms with Crippen molar-refractivity contribution >= 4 is 29.3 Å². The van der Waals surface area contributed by atoms with Crippen LogP contribution in [0.2, 0.25) is 0 Å². The SMILES string of the molecule is CSCCN=C1NC(=O)N(c2cccc(F)c2)C12CCN(Cc1cccc(OC(C)C)c1)CC2. The van der Waals surface area contributed by atoms with Gasteiger partial charge < -0.3 is 4.74 Å². The Morgan fingerprint density at radius 2 is 1.94 bits per heavy atom. The van der Waals surface area contributed by atoms with Crippen molar-refractivity contribution in [2.75, 3.05) is 36.5 Å². The van der Waals surface area contributed by atoms with Gasteiger partial charge in [-0.3, -0.25) is 20.1 Å². The van der Waals surface area contributed by atoms with Crippen LogP contribution in [0.1, 0.15) is 32.3 Å². The minimum absolute atomic E-state index is 0.134. The summed E-state index contributed by atoms with van der Waals surface area (Å²) in [6.45, 7) is 7.11. The molecule has 4 rings (SSSR count). The Balaban J connectivity index is 1.54. The lowest BCUT2D eigenvalue weighted by atomic mass is 9.85. The Morgan fingerprint density at radius 1 is 1.18 bits per heavy atom. The molecule has 2 aromatic rings. The number of carbonyl (C=O) groups is 1. The van der Waals surface area contributed by atoms with E-state index in [1.165, 1.54) is 17.7 Å². The molecular formula is C26H33FN4O2S. The molecule has 182 valence electrons. The van der Waals surface area contributed by atoms with Crippen LogP contribution in [0.15, 0.2) is 53.5 Å². The second-order valence-corrected chi connectivity index (χ2v) is 10.1. The van der Waals surface area contributed by atoms with Crippen molar-refractivity contribution in [3.8, 4) is 5.75 Å². The number of amidine groups is 1. The Morgan fingerprint density at radius 3 is 2.65 bits per heavy atom. The molecule has 0 aromatic heterocycles. The standard InChI is InChI=1S/C26H33FN4O2S/c1-19(2)33-23-9-4-6-20(16-23)18-30-13-10-26(11-14-30)24(28-12-15-34-3)29-25(32)31(26)22-8-5-7-21(27)17-22/h4-9,16-17,19H,10-15,18H2,1-3H3,(H,28,29,32). The molecule has 2 amide bonds. The van der Waals surface area contributed by atoms with Crippen LogP contribution in [-0.4, -0.2) is 60.1 Å². The first kappa shape index (κ1) is 24.5. The second-order valence-electron chi connectivity index (χ2n) is 9.09. The molecule has 0 bridgehead atoms. The van der Waals surface area contributed by atoms with Crippen molar-refractivity contribution < 1.29 is 13.9 Å². The number of rotatable bonds is 8. The quantitative estimate of drug-likeness (QED) is 0.540. The van der Waals surface area contributed by atoms with E-state index in [2.05, 4.69) is 22.3 Å². The number of benzene rings is 2. The summed E-state index contributed by atoms with van der Waals surface area (Å²) in [5.41, 5.74) is 1.19. The van der Waals surface area contributed by atoms with Crippen LogP contribution < -0.4 is 15.0 Å². The normalized spacial score (nSPS) is 19.3. The molecule has 2 aromatic carbocycles. The Hall–Kier alpha value is -2.58. The molecule has 2 heterocycles. The number of piperidine rings is 1. The minimum atomic E-state index is -0.581. The van der Waals surface area contributed by atoms with Gasteiger partial charge in [-0.15, -0.1) is 0 Å². The third-order valence-corrected chi connectivity index (χ3v) is 6.88. The van der Waals surface area contributed by atoms with E-state index in [9.17, 15) is 9.18 Å². The summed E-state index contributed by atoms with van der Waals surface area (Å²) in [7, 11) is 0. The van der Waals surface area contributed by atoms with Crippen LogP contribution in [0.3, 0.4) is 0 Å². The summed E-state index contributed by atoms with van der Waals surface area (Å²) in [4.78, 5) is 22.0. The average Bonchev–Trinajstić information content (AvgIpc) is 3.06. The van der Waals surface area contributed by atoms with E-state index in [-0.39, 0.29) is 18.0 Å². The Bertz CT molecular complexity index is 1040. The molecule has 1 N–H and O–H groups in total. The third-order valence-electron chi connectivity index (χ3n) is 6.29. The van der Waals surface area contributed by atoms with Crippen molar-refractivity contribution in [2.24, 2.45) is 4.99 Å². The summed E-state index contributed by atoms with van der Waals surface area (Å²) < 4.78 is 19.9. The maximum absolute atomic E-state index is 14.1. The smallest absolute Gasteiger partial charge is 0.328 e. The molecule has 0 atom stereocenters. The number of likely N-dealkylation sites (tertiary alicyclic amines) is 1. The number of amides is 2. The van der Waals surface area contributed by atoms with Gasteiger partial charge in [0.1, 0.15) is 22.9 Å². The third kappa shape index (κ3) is 5.39. The summed E-state index contributed by atoms with van der Waals surface area (Å²) >= 11 is 1.72. The summed E-state index contributed by atoms with van der Waals surface area (Å²) in [6.07, 6.45) is 3.63. The van der Waals surface area contributed by atoms with E-state index in [1.54, 1.807) is 28.8 Å². The van der Waals surface area contributed by atoms with Gasteiger partial charge in [-0.1, -0.05) is 18.2 Å². The van der Waals surface area contributed by atoms with Gasteiger partial charge in [0.15, 0.2) is 0 Å². The number of thioether (sulfide) groups is 1. The molecule has 1 spiro atoms. The predicted molar refractivity (Wildman–Crippen MR) is 138 cm³/mol. The number of aliphatic imine (C=N–C) groups is 1. The number of carbonyl (C=O) groups excluding carboxylic acids is 1. The zero-order valence-corrected chi connectivity index (χ0v) is 20.9. The zero-order valence-electron chi connectivity index (χ0n) is 20.1. The molecular weight excluding hydrogens is 451 g/mol. The van der Waals surface area contributed by atoms with Gasteiger partial charge in [0, 0.05) is 31.1 Å². The van der Waals surface area contributed by atoms with E-state index < -0.39 is 5.54 Å². The number of halogens is 1. The molecule has 0 aliphatic carbocycles. The number of hydrogen-bond donors (Lipinski definition) is 1. The van der Waals surface area contributed by atoms with E-state index in [0.29, 0.717) is 18.1 Å². The number of urea groups is 1. The van der Waals surface area contributed by atoms with Crippen LogP contribution >= 0.6 is 11.8 Å². The van der Waals surface area contributed by atoms with E-state index in [0.717, 1.165) is 44.0 Å². The lowest BCUT2D eigenvalue weighted by Crippen LogP contribution is -2.56. The zero-order chi connectivity index (χ0) is 24.1. The topological polar surface area (TPSA) is 57.2 Å². The van der Waals surface area contributed by atoms with Gasteiger partial charge in [0.25, 0.3) is 0 Å². The first-order valence-corrected chi connectivity index (χ1v) is 13.2. The van der Waals surface area contributed by atoms with E-state index >= 15 is 0 Å². The van der Waals surface area contributed by atoms with Gasteiger partial charge in [0.2, 0.25) is 0 Å². The maximum atomic E-state index is 14.1. The molecule has 2 aliphatic heterocycles. The molecule has 0 radical (unpaired) electrons. The highest BCUT2D eigenvalue weighted by Gasteiger charge is 2.52. The van der Waals surface area contributed by atoms with Gasteiger partial charge in [-0.2, -0.15) is 11.8 Å². The largest absolute Gasteiger partial charge is 0.491 e. The Kier molecular flexibility index (Phi) is 7.78. The number of nitrogens with zero attached hydrogens (tertiary/aromatic N) is 3. The highest BCUT2D eigenvalue weighted by Crippen LogP contribution is 2.38. The van der Waals surface area contributed by atoms with Crippen LogP contribution in [0.25, 0.3) is 0 Å². The number of nitrogens with one attached hydrogen (secondary N) is 1. The summed E-state index contributed by atoms with van der Waals surface area (Å²) in [6, 6.07) is 14.3. The van der Waals surface area contributed by atoms with Crippen molar-refractivity contribution in [3.63, 3.8) is 0 Å². The van der Waals surface area contributed by atoms with Gasteiger partial charge >= 0.3 is 6.03 Å². The number of anilines is 1. The van der Waals surface area contributed by atoms with Crippen molar-refractivity contribution in [3.05, 3.63) is 59.9 Å². The first-order chi connectivity index (χ1) is 16.4. The van der Waals surface area contributed by atoms with Gasteiger partial charge in [-0.25, -0.2) is 9.18 Å². The summed E-state index contributed by atoms with van der Waals surface area (Å²) in [5.74, 6) is 2.13. The fourth-order valence-corrected chi connectivity index (χ4v) is 5.05. The van der Waals surface area contributed by atoms with Crippen molar-refractivity contribution in [1.82, 2.24) is 10.2 Å². The average molecular weight is 485 g/mol. The summed E-state index contributed by atoms with van der Waals surface area (Å²) in [5, 5.41) is 3.00. The maximum Gasteiger partial charge on any atom is 0.328 e. The van der Waals surface area contributed by atoms with E-state index in [1.807, 2.05) is 32.2 Å². The van der Waals surface area contributed by atoms with Crippen molar-refractivity contribution in [2.45, 2.75) is 44.9 Å². The minimum Gasteiger partial charge on any atom is -0.491 e. The molecule has 0 saturated carbocycles. The van der Waals surface area contributed by atoms with Crippen molar-refractivity contribution in [1.29, 1.82) is 0 Å². The second kappa shape index (κ2) is 10.8. The molecule has 34 heavy (non-hydrogen) atoms. The highest BCUT2D eigenvalue weighted by atomic mass is 32.2.